The molecule has 0 radical (unpaired) electrons. The van der Waals surface area contributed by atoms with E-state index in [1.54, 1.807) is 0 Å². The maximum atomic E-state index is 13.1. The van der Waals surface area contributed by atoms with Crippen LogP contribution in [-0.2, 0) is 9.59 Å². The van der Waals surface area contributed by atoms with Gasteiger partial charge in [0.1, 0.15) is 0 Å². The van der Waals surface area contributed by atoms with Gasteiger partial charge in [-0.1, -0.05) is 55.3 Å². The second-order valence-electron chi connectivity index (χ2n) is 7.60. The molecule has 0 aromatic heterocycles. The molecule has 1 aromatic rings. The standard InChI is InChI=1S/C22H29NO3/c24-21(18-11-13-19(14-12-18)22(25)26)23-16-6-2-5-9-20(23)15-10-17-7-3-1-4-8-17/h1,3-4,7-8,10,15,18-20H,2,5-6,9,11-14,16H2,(H,25,26)/b15-10+. The fourth-order valence-electron chi connectivity index (χ4n) is 4.22. The summed E-state index contributed by atoms with van der Waals surface area (Å²) in [6, 6.07) is 10.4. The zero-order chi connectivity index (χ0) is 18.4. The molecule has 1 saturated carbocycles. The molecule has 1 unspecified atom stereocenters. The van der Waals surface area contributed by atoms with Crippen LogP contribution in [0.2, 0.25) is 0 Å². The first-order valence-corrected chi connectivity index (χ1v) is 9.91. The molecule has 4 heteroatoms. The van der Waals surface area contributed by atoms with Gasteiger partial charge in [0.05, 0.1) is 12.0 Å². The lowest BCUT2D eigenvalue weighted by Gasteiger charge is -2.34. The Kier molecular flexibility index (Phi) is 6.48. The normalized spacial score (nSPS) is 27.2. The Morgan fingerprint density at radius 1 is 0.923 bits per heavy atom. The molecule has 3 rings (SSSR count). The minimum Gasteiger partial charge on any atom is -0.481 e. The van der Waals surface area contributed by atoms with Gasteiger partial charge in [0.25, 0.3) is 0 Å². The maximum Gasteiger partial charge on any atom is 0.306 e. The summed E-state index contributed by atoms with van der Waals surface area (Å²) in [6.07, 6.45) is 11.4. The molecular formula is C22H29NO3. The Balaban J connectivity index is 1.67. The van der Waals surface area contributed by atoms with Gasteiger partial charge in [-0.15, -0.1) is 0 Å². The minimum absolute atomic E-state index is 0.00340. The second kappa shape index (κ2) is 9.02. The lowest BCUT2D eigenvalue weighted by molar-refractivity contribution is -0.146. The molecule has 1 aliphatic heterocycles. The first-order chi connectivity index (χ1) is 12.6. The van der Waals surface area contributed by atoms with Crippen LogP contribution in [0.3, 0.4) is 0 Å². The molecule has 2 aliphatic rings. The van der Waals surface area contributed by atoms with Crippen LogP contribution in [-0.4, -0.2) is 34.5 Å². The number of carbonyl (C=O) groups is 2. The van der Waals surface area contributed by atoms with Crippen LogP contribution < -0.4 is 0 Å². The van der Waals surface area contributed by atoms with Crippen molar-refractivity contribution in [3.63, 3.8) is 0 Å². The summed E-state index contributed by atoms with van der Waals surface area (Å²) in [5, 5.41) is 9.16. The molecule has 1 aromatic carbocycles. The number of hydrogen-bond acceptors (Lipinski definition) is 2. The number of amides is 1. The van der Waals surface area contributed by atoms with Gasteiger partial charge in [-0.05, 0) is 44.1 Å². The average molecular weight is 355 g/mol. The van der Waals surface area contributed by atoms with Crippen molar-refractivity contribution in [1.29, 1.82) is 0 Å². The van der Waals surface area contributed by atoms with E-state index < -0.39 is 5.97 Å². The molecule has 2 fully saturated rings. The molecule has 26 heavy (non-hydrogen) atoms. The summed E-state index contributed by atoms with van der Waals surface area (Å²) in [7, 11) is 0. The van der Waals surface area contributed by atoms with E-state index in [2.05, 4.69) is 29.2 Å². The van der Waals surface area contributed by atoms with Gasteiger partial charge >= 0.3 is 5.97 Å². The van der Waals surface area contributed by atoms with Crippen molar-refractivity contribution >= 4 is 18.0 Å². The highest BCUT2D eigenvalue weighted by Crippen LogP contribution is 2.32. The average Bonchev–Trinajstić information content (AvgIpc) is 2.92. The summed E-state index contributed by atoms with van der Waals surface area (Å²) < 4.78 is 0. The van der Waals surface area contributed by atoms with Crippen LogP contribution in [0.1, 0.15) is 56.9 Å². The smallest absolute Gasteiger partial charge is 0.306 e. The van der Waals surface area contributed by atoms with Gasteiger partial charge in [0, 0.05) is 12.5 Å². The maximum absolute atomic E-state index is 13.1. The van der Waals surface area contributed by atoms with Gasteiger partial charge in [0.15, 0.2) is 0 Å². The van der Waals surface area contributed by atoms with Crippen molar-refractivity contribution in [3.8, 4) is 0 Å². The third kappa shape index (κ3) is 4.75. The molecule has 1 saturated heterocycles. The quantitative estimate of drug-likeness (QED) is 0.873. The molecule has 1 atom stereocenters. The van der Waals surface area contributed by atoms with E-state index in [9.17, 15) is 9.59 Å². The lowest BCUT2D eigenvalue weighted by Crippen LogP contribution is -2.43. The van der Waals surface area contributed by atoms with Crippen molar-refractivity contribution in [2.24, 2.45) is 11.8 Å². The summed E-state index contributed by atoms with van der Waals surface area (Å²) in [6.45, 7) is 0.821. The van der Waals surface area contributed by atoms with Crippen molar-refractivity contribution in [2.75, 3.05) is 6.54 Å². The van der Waals surface area contributed by atoms with Crippen LogP contribution in [0, 0.1) is 11.8 Å². The molecule has 1 amide bonds. The van der Waals surface area contributed by atoms with E-state index in [1.807, 2.05) is 18.2 Å². The minimum atomic E-state index is -0.714. The fourth-order valence-corrected chi connectivity index (χ4v) is 4.22. The first kappa shape index (κ1) is 18.7. The molecule has 0 spiro atoms. The van der Waals surface area contributed by atoms with Crippen molar-refractivity contribution in [2.45, 2.75) is 57.4 Å². The Hall–Kier alpha value is -2.10. The van der Waals surface area contributed by atoms with Crippen molar-refractivity contribution in [1.82, 2.24) is 4.90 Å². The Bertz CT molecular complexity index is 632. The summed E-state index contributed by atoms with van der Waals surface area (Å²) in [4.78, 5) is 26.4. The van der Waals surface area contributed by atoms with Crippen LogP contribution in [0.15, 0.2) is 36.4 Å². The molecule has 140 valence electrons. The third-order valence-corrected chi connectivity index (χ3v) is 5.82. The molecule has 1 N–H and O–H groups in total. The highest BCUT2D eigenvalue weighted by atomic mass is 16.4. The van der Waals surface area contributed by atoms with E-state index >= 15 is 0 Å². The number of carbonyl (C=O) groups excluding carboxylic acids is 1. The first-order valence-electron chi connectivity index (χ1n) is 9.91. The monoisotopic (exact) mass is 355 g/mol. The second-order valence-corrected chi connectivity index (χ2v) is 7.60. The third-order valence-electron chi connectivity index (χ3n) is 5.82. The number of aliphatic carboxylic acids is 1. The summed E-state index contributed by atoms with van der Waals surface area (Å²) >= 11 is 0. The van der Waals surface area contributed by atoms with Crippen LogP contribution >= 0.6 is 0 Å². The number of benzene rings is 1. The summed E-state index contributed by atoms with van der Waals surface area (Å²) in [5.41, 5.74) is 1.16. The van der Waals surface area contributed by atoms with Gasteiger partial charge < -0.3 is 10.0 Å². The Morgan fingerprint density at radius 2 is 1.62 bits per heavy atom. The van der Waals surface area contributed by atoms with E-state index in [-0.39, 0.29) is 23.8 Å². The largest absolute Gasteiger partial charge is 0.481 e. The van der Waals surface area contributed by atoms with Gasteiger partial charge in [-0.3, -0.25) is 9.59 Å². The van der Waals surface area contributed by atoms with E-state index in [4.69, 9.17) is 5.11 Å². The van der Waals surface area contributed by atoms with E-state index in [0.717, 1.165) is 31.4 Å². The lowest BCUT2D eigenvalue weighted by atomic mass is 9.81. The number of likely N-dealkylation sites (tertiary alicyclic amines) is 1. The topological polar surface area (TPSA) is 57.6 Å². The predicted octanol–water partition coefficient (Wildman–Crippen LogP) is 4.36. The zero-order valence-electron chi connectivity index (χ0n) is 15.3. The molecule has 0 bridgehead atoms. The molecule has 1 aliphatic carbocycles. The van der Waals surface area contributed by atoms with E-state index in [0.29, 0.717) is 25.7 Å². The Labute approximate surface area is 155 Å². The van der Waals surface area contributed by atoms with Gasteiger partial charge in [-0.2, -0.15) is 0 Å². The summed E-state index contributed by atoms with van der Waals surface area (Å²) in [5.74, 6) is -0.749. The SMILES string of the molecule is O=C(O)C1CCC(C(=O)N2CCCCCC2/C=C/c2ccccc2)CC1. The fraction of sp³-hybridized carbons (Fsp3) is 0.545. The number of nitrogens with zero attached hydrogens (tertiary/aromatic N) is 1. The molecular weight excluding hydrogens is 326 g/mol. The number of rotatable bonds is 4. The van der Waals surface area contributed by atoms with Crippen LogP contribution in [0.4, 0.5) is 0 Å². The van der Waals surface area contributed by atoms with Crippen LogP contribution in [0.25, 0.3) is 6.08 Å². The zero-order valence-corrected chi connectivity index (χ0v) is 15.3. The predicted molar refractivity (Wildman–Crippen MR) is 103 cm³/mol. The highest BCUT2D eigenvalue weighted by molar-refractivity contribution is 5.80. The number of hydrogen-bond donors (Lipinski definition) is 1. The molecule has 4 nitrogen and oxygen atoms in total. The highest BCUT2D eigenvalue weighted by Gasteiger charge is 2.34. The number of carboxylic acid groups (broad SMARTS) is 1. The van der Waals surface area contributed by atoms with Crippen molar-refractivity contribution < 1.29 is 14.7 Å². The molecule has 1 heterocycles. The van der Waals surface area contributed by atoms with Gasteiger partial charge in [-0.25, -0.2) is 0 Å². The van der Waals surface area contributed by atoms with Gasteiger partial charge in [0.2, 0.25) is 5.91 Å². The van der Waals surface area contributed by atoms with E-state index in [1.165, 1.54) is 6.42 Å². The van der Waals surface area contributed by atoms with Crippen LogP contribution in [0.5, 0.6) is 0 Å². The number of carboxylic acids is 1. The van der Waals surface area contributed by atoms with Crippen molar-refractivity contribution in [3.05, 3.63) is 42.0 Å². The Morgan fingerprint density at radius 3 is 2.31 bits per heavy atom.